The number of methoxy groups -OCH3 is 1. The largest absolute Gasteiger partial charge is 0.383 e. The van der Waals surface area contributed by atoms with Crippen molar-refractivity contribution in [2.75, 3.05) is 53.6 Å². The Labute approximate surface area is 126 Å². The number of rotatable bonds is 6. The van der Waals surface area contributed by atoms with Crippen LogP contribution in [0.1, 0.15) is 19.3 Å². The molecule has 2 fully saturated rings. The third kappa shape index (κ3) is 4.41. The molecule has 2 amide bonds. The first kappa shape index (κ1) is 16.2. The van der Waals surface area contributed by atoms with Crippen molar-refractivity contribution in [3.8, 4) is 0 Å². The summed E-state index contributed by atoms with van der Waals surface area (Å²) < 4.78 is 10.3. The zero-order chi connectivity index (χ0) is 15.2. The molecule has 1 unspecified atom stereocenters. The maximum absolute atomic E-state index is 12.5. The van der Waals surface area contributed by atoms with Gasteiger partial charge in [0.05, 0.1) is 12.5 Å². The van der Waals surface area contributed by atoms with Gasteiger partial charge in [-0.15, -0.1) is 0 Å². The average Bonchev–Trinajstić information content (AvgIpc) is 2.86. The van der Waals surface area contributed by atoms with Gasteiger partial charge in [0.2, 0.25) is 11.8 Å². The van der Waals surface area contributed by atoms with E-state index >= 15 is 0 Å². The zero-order valence-electron chi connectivity index (χ0n) is 13.0. The van der Waals surface area contributed by atoms with Gasteiger partial charge in [-0.3, -0.25) is 9.59 Å². The summed E-state index contributed by atoms with van der Waals surface area (Å²) in [5.74, 6) is 0.480. The fourth-order valence-electron chi connectivity index (χ4n) is 3.07. The highest BCUT2D eigenvalue weighted by molar-refractivity contribution is 5.89. The first-order valence-corrected chi connectivity index (χ1v) is 7.71. The molecule has 6 nitrogen and oxygen atoms in total. The lowest BCUT2D eigenvalue weighted by Crippen LogP contribution is -2.39. The Morgan fingerprint density at radius 3 is 2.81 bits per heavy atom. The Morgan fingerprint density at radius 1 is 1.43 bits per heavy atom. The fourth-order valence-corrected chi connectivity index (χ4v) is 3.07. The second-order valence-corrected chi connectivity index (χ2v) is 6.01. The van der Waals surface area contributed by atoms with Gasteiger partial charge in [0.25, 0.3) is 0 Å². The van der Waals surface area contributed by atoms with Gasteiger partial charge in [-0.1, -0.05) is 0 Å². The molecule has 0 aliphatic carbocycles. The van der Waals surface area contributed by atoms with Gasteiger partial charge in [0, 0.05) is 53.4 Å². The first-order valence-electron chi connectivity index (χ1n) is 7.71. The van der Waals surface area contributed by atoms with Crippen LogP contribution in [0.3, 0.4) is 0 Å². The summed E-state index contributed by atoms with van der Waals surface area (Å²) in [5, 5.41) is 0. The van der Waals surface area contributed by atoms with Crippen molar-refractivity contribution >= 4 is 11.8 Å². The van der Waals surface area contributed by atoms with Gasteiger partial charge in [-0.2, -0.15) is 0 Å². The first-order chi connectivity index (χ1) is 10.1. The van der Waals surface area contributed by atoms with Crippen molar-refractivity contribution in [1.82, 2.24) is 9.80 Å². The monoisotopic (exact) mass is 298 g/mol. The van der Waals surface area contributed by atoms with Crippen molar-refractivity contribution < 1.29 is 19.1 Å². The summed E-state index contributed by atoms with van der Waals surface area (Å²) in [6, 6.07) is 0. The molecule has 6 heteroatoms. The average molecular weight is 298 g/mol. The van der Waals surface area contributed by atoms with Crippen molar-refractivity contribution in [3.63, 3.8) is 0 Å². The van der Waals surface area contributed by atoms with Crippen LogP contribution in [0.15, 0.2) is 0 Å². The minimum Gasteiger partial charge on any atom is -0.383 e. The highest BCUT2D eigenvalue weighted by atomic mass is 16.5. The molecular weight excluding hydrogens is 272 g/mol. The van der Waals surface area contributed by atoms with Crippen molar-refractivity contribution in [2.45, 2.75) is 19.3 Å². The van der Waals surface area contributed by atoms with Crippen LogP contribution in [0.4, 0.5) is 0 Å². The number of hydrogen-bond donors (Lipinski definition) is 0. The van der Waals surface area contributed by atoms with E-state index in [1.54, 1.807) is 16.9 Å². The van der Waals surface area contributed by atoms with Gasteiger partial charge in [-0.05, 0) is 18.8 Å². The maximum Gasteiger partial charge on any atom is 0.227 e. The van der Waals surface area contributed by atoms with Gasteiger partial charge >= 0.3 is 0 Å². The number of hydrogen-bond acceptors (Lipinski definition) is 4. The molecule has 21 heavy (non-hydrogen) atoms. The van der Waals surface area contributed by atoms with E-state index in [1.165, 1.54) is 0 Å². The van der Waals surface area contributed by atoms with Crippen LogP contribution in [0.25, 0.3) is 0 Å². The lowest BCUT2D eigenvalue weighted by atomic mass is 9.99. The van der Waals surface area contributed by atoms with Crippen LogP contribution >= 0.6 is 0 Å². The predicted molar refractivity (Wildman–Crippen MR) is 77.7 cm³/mol. The molecule has 0 spiro atoms. The Morgan fingerprint density at radius 2 is 2.14 bits per heavy atom. The lowest BCUT2D eigenvalue weighted by Gasteiger charge is -2.28. The molecule has 2 heterocycles. The van der Waals surface area contributed by atoms with E-state index in [2.05, 4.69) is 0 Å². The Balaban J connectivity index is 1.80. The van der Waals surface area contributed by atoms with Crippen molar-refractivity contribution in [2.24, 2.45) is 11.8 Å². The second-order valence-electron chi connectivity index (χ2n) is 6.01. The fraction of sp³-hybridized carbons (Fsp3) is 0.867. The number of nitrogens with zero attached hydrogens (tertiary/aromatic N) is 2. The van der Waals surface area contributed by atoms with Crippen LogP contribution < -0.4 is 0 Å². The highest BCUT2D eigenvalue weighted by Crippen LogP contribution is 2.21. The molecule has 120 valence electrons. The molecule has 2 rings (SSSR count). The molecule has 0 bridgehead atoms. The van der Waals surface area contributed by atoms with E-state index in [0.717, 1.165) is 32.6 Å². The molecule has 0 aromatic carbocycles. The Kier molecular flexibility index (Phi) is 5.99. The van der Waals surface area contributed by atoms with Crippen LogP contribution in [-0.2, 0) is 19.1 Å². The smallest absolute Gasteiger partial charge is 0.227 e. The zero-order valence-corrected chi connectivity index (χ0v) is 13.0. The van der Waals surface area contributed by atoms with Crippen molar-refractivity contribution in [3.05, 3.63) is 0 Å². The molecular formula is C15H26N2O4. The Hall–Kier alpha value is -1.14. The lowest BCUT2D eigenvalue weighted by molar-refractivity contribution is -0.135. The summed E-state index contributed by atoms with van der Waals surface area (Å²) in [7, 11) is 3.46. The highest BCUT2D eigenvalue weighted by Gasteiger charge is 2.35. The van der Waals surface area contributed by atoms with Gasteiger partial charge < -0.3 is 19.3 Å². The Bertz CT molecular complexity index is 369. The molecule has 0 aromatic rings. The van der Waals surface area contributed by atoms with Crippen LogP contribution in [0.5, 0.6) is 0 Å². The number of ether oxygens (including phenoxy) is 2. The van der Waals surface area contributed by atoms with Gasteiger partial charge in [0.15, 0.2) is 0 Å². The normalized spacial score (nSPS) is 23.6. The predicted octanol–water partition coefficient (Wildman–Crippen LogP) is 0.366. The SMILES string of the molecule is COCCN1CC(C(=O)N(C)CC2CCOCC2)CC1=O. The van der Waals surface area contributed by atoms with Gasteiger partial charge in [0.1, 0.15) is 0 Å². The molecule has 1 atom stereocenters. The van der Waals surface area contributed by atoms with Gasteiger partial charge in [-0.25, -0.2) is 0 Å². The molecule has 0 saturated carbocycles. The third-order valence-electron chi connectivity index (χ3n) is 4.38. The van der Waals surface area contributed by atoms with E-state index in [1.807, 2.05) is 7.05 Å². The summed E-state index contributed by atoms with van der Waals surface area (Å²) in [4.78, 5) is 27.9. The topological polar surface area (TPSA) is 59.1 Å². The second kappa shape index (κ2) is 7.75. The molecule has 2 aliphatic rings. The molecule has 0 N–H and O–H groups in total. The van der Waals surface area contributed by atoms with E-state index < -0.39 is 0 Å². The van der Waals surface area contributed by atoms with Crippen LogP contribution in [-0.4, -0.2) is 75.2 Å². The minimum absolute atomic E-state index is 0.0601. The van der Waals surface area contributed by atoms with Crippen LogP contribution in [0.2, 0.25) is 0 Å². The molecule has 2 aliphatic heterocycles. The van der Waals surface area contributed by atoms with Crippen molar-refractivity contribution in [1.29, 1.82) is 0 Å². The van der Waals surface area contributed by atoms with E-state index in [9.17, 15) is 9.59 Å². The summed E-state index contributed by atoms with van der Waals surface area (Å²) >= 11 is 0. The number of likely N-dealkylation sites (tertiary alicyclic amines) is 1. The summed E-state index contributed by atoms with van der Waals surface area (Å²) in [6.07, 6.45) is 2.36. The summed E-state index contributed by atoms with van der Waals surface area (Å²) in [5.41, 5.74) is 0. The number of amides is 2. The van der Waals surface area contributed by atoms with E-state index in [-0.39, 0.29) is 17.7 Å². The molecule has 0 aromatic heterocycles. The number of carbonyl (C=O) groups excluding carboxylic acids is 2. The third-order valence-corrected chi connectivity index (χ3v) is 4.38. The standard InChI is InChI=1S/C15H26N2O4/c1-16(10-12-3-6-21-7-4-12)15(19)13-9-14(18)17(11-13)5-8-20-2/h12-13H,3-11H2,1-2H3. The maximum atomic E-state index is 12.5. The van der Waals surface area contributed by atoms with E-state index in [0.29, 0.717) is 32.0 Å². The quantitative estimate of drug-likeness (QED) is 0.711. The molecule has 2 saturated heterocycles. The number of carbonyl (C=O) groups is 2. The van der Waals surface area contributed by atoms with E-state index in [4.69, 9.17) is 9.47 Å². The minimum atomic E-state index is -0.195. The van der Waals surface area contributed by atoms with Crippen LogP contribution in [0, 0.1) is 11.8 Å². The summed E-state index contributed by atoms with van der Waals surface area (Å²) in [6.45, 7) is 3.97. The molecule has 0 radical (unpaired) electrons.